The minimum Gasteiger partial charge on any atom is -0.458 e. The van der Waals surface area contributed by atoms with Gasteiger partial charge in [0, 0.05) is 0 Å². The summed E-state index contributed by atoms with van der Waals surface area (Å²) in [5.41, 5.74) is 2.21. The number of hydrogen-bond acceptors (Lipinski definition) is 2. The molecule has 21 heavy (non-hydrogen) atoms. The quantitative estimate of drug-likeness (QED) is 0.567. The van der Waals surface area contributed by atoms with Crippen molar-refractivity contribution in [3.05, 3.63) is 84.4 Å². The van der Waals surface area contributed by atoms with Crippen molar-refractivity contribution in [3.63, 3.8) is 0 Å². The maximum atomic E-state index is 11.9. The first-order valence-corrected chi connectivity index (χ1v) is 7.18. The molecular formula is C19H20O2. The van der Waals surface area contributed by atoms with Crippen molar-refractivity contribution < 1.29 is 9.53 Å². The summed E-state index contributed by atoms with van der Waals surface area (Å²) in [6, 6.07) is 19.8. The summed E-state index contributed by atoms with van der Waals surface area (Å²) in [7, 11) is 0. The van der Waals surface area contributed by atoms with Crippen LogP contribution in [-0.2, 0) is 22.4 Å². The molecule has 0 saturated heterocycles. The molecule has 2 aromatic carbocycles. The van der Waals surface area contributed by atoms with Crippen LogP contribution in [0.2, 0.25) is 0 Å². The van der Waals surface area contributed by atoms with Crippen LogP contribution in [0.3, 0.4) is 0 Å². The second kappa shape index (κ2) is 8.05. The van der Waals surface area contributed by atoms with Gasteiger partial charge in [0.05, 0.1) is 6.42 Å². The van der Waals surface area contributed by atoms with Crippen LogP contribution < -0.4 is 0 Å². The number of ether oxygens (including phenoxy) is 1. The van der Waals surface area contributed by atoms with Crippen LogP contribution in [0.25, 0.3) is 0 Å². The Kier molecular flexibility index (Phi) is 5.77. The van der Waals surface area contributed by atoms with Gasteiger partial charge in [-0.2, -0.15) is 0 Å². The van der Waals surface area contributed by atoms with Crippen molar-refractivity contribution in [3.8, 4) is 0 Å². The molecule has 0 aliphatic carbocycles. The molecule has 108 valence electrons. The highest BCUT2D eigenvalue weighted by Gasteiger charge is 2.11. The normalized spacial score (nSPS) is 11.6. The first-order valence-electron chi connectivity index (χ1n) is 7.18. The van der Waals surface area contributed by atoms with Gasteiger partial charge in [-0.05, 0) is 24.0 Å². The maximum absolute atomic E-state index is 11.9. The van der Waals surface area contributed by atoms with Crippen molar-refractivity contribution in [2.75, 3.05) is 0 Å². The van der Waals surface area contributed by atoms with Gasteiger partial charge < -0.3 is 4.74 Å². The largest absolute Gasteiger partial charge is 0.458 e. The lowest BCUT2D eigenvalue weighted by Crippen LogP contribution is -2.18. The van der Waals surface area contributed by atoms with Crippen LogP contribution in [-0.4, -0.2) is 12.1 Å². The lowest BCUT2D eigenvalue weighted by Gasteiger charge is -2.14. The van der Waals surface area contributed by atoms with Crippen molar-refractivity contribution in [1.29, 1.82) is 0 Å². The van der Waals surface area contributed by atoms with E-state index < -0.39 is 0 Å². The molecule has 0 aliphatic rings. The summed E-state index contributed by atoms with van der Waals surface area (Å²) >= 11 is 0. The van der Waals surface area contributed by atoms with E-state index >= 15 is 0 Å². The van der Waals surface area contributed by atoms with Crippen LogP contribution >= 0.6 is 0 Å². The molecule has 0 heterocycles. The topological polar surface area (TPSA) is 26.3 Å². The smallest absolute Gasteiger partial charge is 0.310 e. The molecule has 2 aromatic rings. The molecule has 0 aromatic heterocycles. The van der Waals surface area contributed by atoms with Crippen LogP contribution in [0.5, 0.6) is 0 Å². The molecule has 2 rings (SSSR count). The van der Waals surface area contributed by atoms with E-state index in [4.69, 9.17) is 4.74 Å². The monoisotopic (exact) mass is 280 g/mol. The Bertz CT molecular complexity index is 561. The Morgan fingerprint density at radius 1 is 1.00 bits per heavy atom. The molecule has 0 saturated carbocycles. The Hall–Kier alpha value is -2.35. The Labute approximate surface area is 126 Å². The van der Waals surface area contributed by atoms with E-state index in [0.29, 0.717) is 6.42 Å². The van der Waals surface area contributed by atoms with Crippen LogP contribution in [0, 0.1) is 0 Å². The highest BCUT2D eigenvalue weighted by atomic mass is 16.5. The van der Waals surface area contributed by atoms with Gasteiger partial charge in [-0.25, -0.2) is 0 Å². The molecule has 0 amide bonds. The molecule has 0 unspecified atom stereocenters. The van der Waals surface area contributed by atoms with Crippen molar-refractivity contribution >= 4 is 5.97 Å². The summed E-state index contributed by atoms with van der Waals surface area (Å²) in [5.74, 6) is -0.209. The summed E-state index contributed by atoms with van der Waals surface area (Å²) in [4.78, 5) is 11.9. The van der Waals surface area contributed by atoms with Crippen LogP contribution in [0.1, 0.15) is 17.5 Å². The number of benzene rings is 2. The van der Waals surface area contributed by atoms with Crippen LogP contribution in [0.15, 0.2) is 73.3 Å². The average Bonchev–Trinajstić information content (AvgIpc) is 2.53. The molecule has 0 N–H and O–H groups in total. The van der Waals surface area contributed by atoms with Gasteiger partial charge >= 0.3 is 5.97 Å². The number of aryl methyl sites for hydroxylation is 1. The van der Waals surface area contributed by atoms with Gasteiger partial charge in [0.1, 0.15) is 6.10 Å². The fourth-order valence-corrected chi connectivity index (χ4v) is 2.15. The molecule has 0 radical (unpaired) electrons. The summed E-state index contributed by atoms with van der Waals surface area (Å²) in [6.07, 6.45) is 3.40. The molecule has 0 spiro atoms. The number of carbonyl (C=O) groups excluding carboxylic acids is 1. The van der Waals surface area contributed by atoms with Gasteiger partial charge in [-0.1, -0.05) is 73.3 Å². The van der Waals surface area contributed by atoms with Gasteiger partial charge in [0.25, 0.3) is 0 Å². The Balaban J connectivity index is 1.81. The molecular weight excluding hydrogens is 260 g/mol. The molecule has 0 aliphatic heterocycles. The van der Waals surface area contributed by atoms with Crippen LogP contribution in [0.4, 0.5) is 0 Å². The van der Waals surface area contributed by atoms with E-state index in [1.807, 2.05) is 48.5 Å². The van der Waals surface area contributed by atoms with E-state index in [1.165, 1.54) is 5.56 Å². The van der Waals surface area contributed by atoms with E-state index in [1.54, 1.807) is 6.08 Å². The number of carbonyl (C=O) groups is 1. The van der Waals surface area contributed by atoms with E-state index in [-0.39, 0.29) is 12.1 Å². The highest BCUT2D eigenvalue weighted by molar-refractivity contribution is 5.72. The second-order valence-electron chi connectivity index (χ2n) is 4.95. The third-order valence-corrected chi connectivity index (χ3v) is 3.30. The fraction of sp³-hybridized carbons (Fsp3) is 0.211. The maximum Gasteiger partial charge on any atom is 0.310 e. The molecule has 1 atom stereocenters. The summed E-state index contributed by atoms with van der Waals surface area (Å²) < 4.78 is 5.47. The van der Waals surface area contributed by atoms with Gasteiger partial charge in [-0.3, -0.25) is 4.79 Å². The zero-order chi connectivity index (χ0) is 14.9. The molecule has 0 bridgehead atoms. The van der Waals surface area contributed by atoms with Crippen molar-refractivity contribution in [1.82, 2.24) is 0 Å². The Morgan fingerprint density at radius 3 is 2.14 bits per heavy atom. The number of esters is 1. The highest BCUT2D eigenvalue weighted by Crippen LogP contribution is 2.10. The molecule has 2 nitrogen and oxygen atoms in total. The van der Waals surface area contributed by atoms with Gasteiger partial charge in [0.2, 0.25) is 0 Å². The third kappa shape index (κ3) is 5.27. The average molecular weight is 280 g/mol. The SMILES string of the molecule is C=C[C@H](CCc1ccccc1)OC(=O)Cc1ccccc1. The summed E-state index contributed by atoms with van der Waals surface area (Å²) in [5, 5.41) is 0. The predicted molar refractivity (Wildman–Crippen MR) is 85.0 cm³/mol. The van der Waals surface area contributed by atoms with Crippen molar-refractivity contribution in [2.24, 2.45) is 0 Å². The zero-order valence-corrected chi connectivity index (χ0v) is 12.1. The predicted octanol–water partition coefficient (Wildman–Crippen LogP) is 3.96. The first-order chi connectivity index (χ1) is 10.3. The molecule has 0 fully saturated rings. The number of hydrogen-bond donors (Lipinski definition) is 0. The summed E-state index contributed by atoms with van der Waals surface area (Å²) in [6.45, 7) is 3.76. The second-order valence-corrected chi connectivity index (χ2v) is 4.95. The third-order valence-electron chi connectivity index (χ3n) is 3.30. The van der Waals surface area contributed by atoms with Crippen molar-refractivity contribution in [2.45, 2.75) is 25.4 Å². The van der Waals surface area contributed by atoms with E-state index in [0.717, 1.165) is 18.4 Å². The lowest BCUT2D eigenvalue weighted by molar-refractivity contribution is -0.146. The van der Waals surface area contributed by atoms with Gasteiger partial charge in [0.15, 0.2) is 0 Å². The lowest BCUT2D eigenvalue weighted by atomic mass is 10.1. The number of rotatable bonds is 7. The standard InChI is InChI=1S/C19H20O2/c1-2-18(14-13-16-9-5-3-6-10-16)21-19(20)15-17-11-7-4-8-12-17/h2-12,18H,1,13-15H2/t18-/m1/s1. The minimum atomic E-state index is -0.235. The Morgan fingerprint density at radius 2 is 1.57 bits per heavy atom. The first kappa shape index (κ1) is 15.0. The molecule has 2 heteroatoms. The zero-order valence-electron chi connectivity index (χ0n) is 12.1. The van der Waals surface area contributed by atoms with Gasteiger partial charge in [-0.15, -0.1) is 0 Å². The van der Waals surface area contributed by atoms with E-state index in [2.05, 4.69) is 18.7 Å². The fourth-order valence-electron chi connectivity index (χ4n) is 2.15. The van der Waals surface area contributed by atoms with E-state index in [9.17, 15) is 4.79 Å². The minimum absolute atomic E-state index is 0.209.